The molecular weight excluding hydrogens is 280 g/mol. The Labute approximate surface area is 113 Å². The number of hydrogen-bond donors (Lipinski definition) is 0. The van der Waals surface area contributed by atoms with Gasteiger partial charge in [-0.15, -0.1) is 23.4 Å². The number of benzene rings is 1. The molecular formula is C12H12ClF2NOS. The summed E-state index contributed by atoms with van der Waals surface area (Å²) in [5.41, 5.74) is -0.0193. The van der Waals surface area contributed by atoms with Crippen LogP contribution in [0.5, 0.6) is 0 Å². The molecule has 98 valence electrons. The van der Waals surface area contributed by atoms with Gasteiger partial charge in [-0.2, -0.15) is 0 Å². The lowest BCUT2D eigenvalue weighted by Crippen LogP contribution is -2.26. The lowest BCUT2D eigenvalue weighted by Gasteiger charge is -2.16. The first kappa shape index (κ1) is 13.6. The molecule has 0 aliphatic carbocycles. The third-order valence-electron chi connectivity index (χ3n) is 2.59. The summed E-state index contributed by atoms with van der Waals surface area (Å²) in [6.07, 6.45) is 0.615. The molecule has 0 radical (unpaired) electrons. The van der Waals surface area contributed by atoms with Crippen molar-refractivity contribution < 1.29 is 13.6 Å². The maximum absolute atomic E-state index is 13.4. The summed E-state index contributed by atoms with van der Waals surface area (Å²) < 4.78 is 26.1. The zero-order chi connectivity index (χ0) is 13.2. The lowest BCUT2D eigenvalue weighted by atomic mass is 10.1. The van der Waals surface area contributed by atoms with Crippen molar-refractivity contribution in [1.29, 1.82) is 0 Å². The van der Waals surface area contributed by atoms with Crippen LogP contribution in [0.2, 0.25) is 0 Å². The number of rotatable bonds is 3. The van der Waals surface area contributed by atoms with Crippen LogP contribution in [-0.2, 0) is 10.6 Å². The molecule has 6 heteroatoms. The van der Waals surface area contributed by atoms with Crippen LogP contribution in [0.3, 0.4) is 0 Å². The summed E-state index contributed by atoms with van der Waals surface area (Å²) in [4.78, 5) is 5.22. The molecule has 1 aliphatic heterocycles. The first-order valence-electron chi connectivity index (χ1n) is 5.40. The van der Waals surface area contributed by atoms with Crippen LogP contribution in [-0.4, -0.2) is 16.5 Å². The molecule has 0 spiro atoms. The molecule has 2 nitrogen and oxygen atoms in total. The predicted octanol–water partition coefficient (Wildman–Crippen LogP) is 3.93. The third kappa shape index (κ3) is 3.14. The normalized spacial score (nSPS) is 22.8. The molecule has 1 atom stereocenters. The Morgan fingerprint density at radius 1 is 1.50 bits per heavy atom. The van der Waals surface area contributed by atoms with Crippen molar-refractivity contribution in [2.45, 2.75) is 24.7 Å². The van der Waals surface area contributed by atoms with Crippen LogP contribution in [0.1, 0.15) is 18.9 Å². The van der Waals surface area contributed by atoms with E-state index in [1.165, 1.54) is 23.9 Å². The fourth-order valence-corrected chi connectivity index (χ4v) is 2.69. The minimum absolute atomic E-state index is 0.353. The first-order chi connectivity index (χ1) is 8.52. The minimum atomic E-state index is -0.572. The standard InChI is InChI=1S/C12H12ClF2NOS/c1-12(7-13)5-11(16-17-12)18-6-8-2-3-9(14)4-10(8)15/h2-4H,5-7H2,1H3. The van der Waals surface area contributed by atoms with Gasteiger partial charge >= 0.3 is 0 Å². The number of nitrogens with zero attached hydrogens (tertiary/aromatic N) is 1. The molecule has 1 unspecified atom stereocenters. The van der Waals surface area contributed by atoms with Crippen LogP contribution >= 0.6 is 23.4 Å². The van der Waals surface area contributed by atoms with E-state index in [0.717, 1.165) is 11.1 Å². The van der Waals surface area contributed by atoms with Crippen molar-refractivity contribution in [2.75, 3.05) is 5.88 Å². The highest BCUT2D eigenvalue weighted by Gasteiger charge is 2.33. The molecule has 0 saturated carbocycles. The van der Waals surface area contributed by atoms with E-state index in [1.54, 1.807) is 0 Å². The average Bonchev–Trinajstić information content (AvgIpc) is 2.71. The summed E-state index contributed by atoms with van der Waals surface area (Å²) in [6.45, 7) is 1.87. The van der Waals surface area contributed by atoms with Gasteiger partial charge in [0.15, 0.2) is 5.60 Å². The van der Waals surface area contributed by atoms with Gasteiger partial charge in [-0.3, -0.25) is 0 Å². The van der Waals surface area contributed by atoms with E-state index < -0.39 is 17.2 Å². The highest BCUT2D eigenvalue weighted by Crippen LogP contribution is 2.31. The molecule has 0 amide bonds. The number of hydrogen-bond acceptors (Lipinski definition) is 3. The van der Waals surface area contributed by atoms with Crippen molar-refractivity contribution in [3.05, 3.63) is 35.4 Å². The molecule has 18 heavy (non-hydrogen) atoms. The lowest BCUT2D eigenvalue weighted by molar-refractivity contribution is 0.0152. The molecule has 0 bridgehead atoms. The molecule has 1 aromatic carbocycles. The Morgan fingerprint density at radius 2 is 2.28 bits per heavy atom. The van der Waals surface area contributed by atoms with Crippen LogP contribution in [0.4, 0.5) is 8.78 Å². The van der Waals surface area contributed by atoms with Crippen molar-refractivity contribution in [3.8, 4) is 0 Å². The average molecular weight is 292 g/mol. The van der Waals surface area contributed by atoms with Crippen molar-refractivity contribution in [1.82, 2.24) is 0 Å². The number of oxime groups is 1. The van der Waals surface area contributed by atoms with Gasteiger partial charge in [0, 0.05) is 18.2 Å². The highest BCUT2D eigenvalue weighted by molar-refractivity contribution is 8.13. The molecule has 0 saturated heterocycles. The second-order valence-electron chi connectivity index (χ2n) is 4.36. The monoisotopic (exact) mass is 291 g/mol. The Hall–Kier alpha value is -0.810. The molecule has 0 N–H and O–H groups in total. The zero-order valence-electron chi connectivity index (χ0n) is 9.75. The van der Waals surface area contributed by atoms with E-state index in [2.05, 4.69) is 5.16 Å². The van der Waals surface area contributed by atoms with Crippen molar-refractivity contribution in [3.63, 3.8) is 0 Å². The predicted molar refractivity (Wildman–Crippen MR) is 69.9 cm³/mol. The van der Waals surface area contributed by atoms with E-state index in [9.17, 15) is 8.78 Å². The molecule has 2 rings (SSSR count). The molecule has 1 heterocycles. The molecule has 0 fully saturated rings. The maximum Gasteiger partial charge on any atom is 0.154 e. The van der Waals surface area contributed by atoms with Gasteiger partial charge in [-0.1, -0.05) is 11.2 Å². The second-order valence-corrected chi connectivity index (χ2v) is 5.68. The summed E-state index contributed by atoms with van der Waals surface area (Å²) >= 11 is 7.14. The molecule has 1 aromatic rings. The Bertz CT molecular complexity index is 483. The quantitative estimate of drug-likeness (QED) is 0.787. The highest BCUT2D eigenvalue weighted by atomic mass is 35.5. The Kier molecular flexibility index (Phi) is 4.12. The molecule has 1 aliphatic rings. The van der Waals surface area contributed by atoms with Gasteiger partial charge in [0.1, 0.15) is 16.7 Å². The number of alkyl halides is 1. The number of thioether (sulfide) groups is 1. The molecule has 0 aromatic heterocycles. The van der Waals surface area contributed by atoms with E-state index >= 15 is 0 Å². The maximum atomic E-state index is 13.4. The topological polar surface area (TPSA) is 21.6 Å². The van der Waals surface area contributed by atoms with Gasteiger partial charge in [0.25, 0.3) is 0 Å². The first-order valence-corrected chi connectivity index (χ1v) is 6.92. The smallest absolute Gasteiger partial charge is 0.154 e. The SMILES string of the molecule is CC1(CCl)CC(SCc2ccc(F)cc2F)=NO1. The third-order valence-corrected chi connectivity index (χ3v) is 4.16. The van der Waals surface area contributed by atoms with Crippen molar-refractivity contribution in [2.24, 2.45) is 5.16 Å². The van der Waals surface area contributed by atoms with Gasteiger partial charge in [-0.25, -0.2) is 8.78 Å². The summed E-state index contributed by atoms with van der Waals surface area (Å²) in [6, 6.07) is 3.56. The fourth-order valence-electron chi connectivity index (χ4n) is 1.49. The van der Waals surface area contributed by atoms with E-state index in [-0.39, 0.29) is 0 Å². The Morgan fingerprint density at radius 3 is 2.89 bits per heavy atom. The van der Waals surface area contributed by atoms with Crippen LogP contribution < -0.4 is 0 Å². The van der Waals surface area contributed by atoms with Gasteiger partial charge in [-0.05, 0) is 18.6 Å². The van der Waals surface area contributed by atoms with E-state index in [1.807, 2.05) is 6.92 Å². The van der Waals surface area contributed by atoms with Gasteiger partial charge in [0.2, 0.25) is 0 Å². The fraction of sp³-hybridized carbons (Fsp3) is 0.417. The van der Waals surface area contributed by atoms with Crippen LogP contribution in [0, 0.1) is 11.6 Å². The van der Waals surface area contributed by atoms with Gasteiger partial charge in [0.05, 0.1) is 5.88 Å². The summed E-state index contributed by atoms with van der Waals surface area (Å²) in [5.74, 6) is -0.363. The van der Waals surface area contributed by atoms with Gasteiger partial charge < -0.3 is 4.84 Å². The van der Waals surface area contributed by atoms with E-state index in [4.69, 9.17) is 16.4 Å². The van der Waals surface area contributed by atoms with Crippen LogP contribution in [0.25, 0.3) is 0 Å². The van der Waals surface area contributed by atoms with E-state index in [0.29, 0.717) is 23.6 Å². The Balaban J connectivity index is 1.93. The van der Waals surface area contributed by atoms with Crippen molar-refractivity contribution >= 4 is 28.4 Å². The zero-order valence-corrected chi connectivity index (χ0v) is 11.3. The summed E-state index contributed by atoms with van der Waals surface area (Å²) in [7, 11) is 0. The summed E-state index contributed by atoms with van der Waals surface area (Å²) in [5, 5.41) is 4.70. The minimum Gasteiger partial charge on any atom is -0.387 e. The second kappa shape index (κ2) is 5.45. The number of halogens is 3. The van der Waals surface area contributed by atoms with Crippen LogP contribution in [0.15, 0.2) is 23.4 Å². The largest absolute Gasteiger partial charge is 0.387 e.